The van der Waals surface area contributed by atoms with Gasteiger partial charge >= 0.3 is 5.97 Å². The summed E-state index contributed by atoms with van der Waals surface area (Å²) in [6.07, 6.45) is 0. The molecule has 1 aromatic heterocycles. The lowest BCUT2D eigenvalue weighted by Gasteiger charge is -2.15. The number of nitrogens with zero attached hydrogens (tertiary/aromatic N) is 3. The number of likely N-dealkylation sites (N-methyl/N-ethyl adjacent to an activating group) is 1. The number of carboxylic acid groups (broad SMARTS) is 1. The first kappa shape index (κ1) is 16.7. The Morgan fingerprint density at radius 1 is 1.26 bits per heavy atom. The van der Waals surface area contributed by atoms with E-state index in [1.54, 1.807) is 24.3 Å². The average molecular weight is 317 g/mol. The number of benzene rings is 1. The van der Waals surface area contributed by atoms with E-state index in [4.69, 9.17) is 9.63 Å². The predicted octanol–water partition coefficient (Wildman–Crippen LogP) is 2.19. The third kappa shape index (κ3) is 3.74. The third-order valence-electron chi connectivity index (χ3n) is 3.20. The quantitative estimate of drug-likeness (QED) is 0.928. The van der Waals surface area contributed by atoms with Gasteiger partial charge in [-0.15, -0.1) is 0 Å². The molecule has 2 aromatic rings. The number of amides is 1. The van der Waals surface area contributed by atoms with E-state index in [2.05, 4.69) is 10.1 Å². The van der Waals surface area contributed by atoms with Gasteiger partial charge in [0.05, 0.1) is 11.1 Å². The Labute approximate surface area is 133 Å². The van der Waals surface area contributed by atoms with Gasteiger partial charge in [0.1, 0.15) is 6.54 Å². The van der Waals surface area contributed by atoms with Crippen LogP contribution in [0.25, 0.3) is 11.5 Å². The Morgan fingerprint density at radius 2 is 1.91 bits per heavy atom. The normalized spacial score (nSPS) is 11.3. The fraction of sp³-hybridized carbons (Fsp3) is 0.375. The molecule has 122 valence electrons. The highest BCUT2D eigenvalue weighted by atomic mass is 16.5. The van der Waals surface area contributed by atoms with Crippen LogP contribution in [0.2, 0.25) is 0 Å². The van der Waals surface area contributed by atoms with E-state index >= 15 is 0 Å². The lowest BCUT2D eigenvalue weighted by molar-refractivity contribution is -0.137. The monoisotopic (exact) mass is 317 g/mol. The molecule has 1 aromatic carbocycles. The lowest BCUT2D eigenvalue weighted by Crippen LogP contribution is -2.32. The smallest absolute Gasteiger partial charge is 0.323 e. The zero-order chi connectivity index (χ0) is 17.2. The van der Waals surface area contributed by atoms with Gasteiger partial charge in [0.25, 0.3) is 11.8 Å². The molecule has 1 N–H and O–H groups in total. The highest BCUT2D eigenvalue weighted by molar-refractivity contribution is 6.00. The minimum absolute atomic E-state index is 0.239. The van der Waals surface area contributed by atoms with Crippen molar-refractivity contribution >= 4 is 11.9 Å². The maximum atomic E-state index is 12.5. The van der Waals surface area contributed by atoms with E-state index in [0.717, 1.165) is 4.90 Å². The van der Waals surface area contributed by atoms with Gasteiger partial charge in [0, 0.05) is 12.5 Å². The number of carbonyl (C=O) groups excluding carboxylic acids is 1. The summed E-state index contributed by atoms with van der Waals surface area (Å²) in [5.41, 5.74) is 0.527. The van der Waals surface area contributed by atoms with Crippen LogP contribution in [-0.4, -0.2) is 45.6 Å². The van der Waals surface area contributed by atoms with Crippen LogP contribution < -0.4 is 0 Å². The standard InChI is InChI=1S/C16H19N3O4/c1-16(2,3)15-17-13(23-18-15)10-7-5-6-8-11(10)14(22)19(4)9-12(20)21/h5-8H,9H2,1-4H3,(H,20,21). The van der Waals surface area contributed by atoms with E-state index in [1.165, 1.54) is 7.05 Å². The molecule has 0 saturated heterocycles. The number of carboxylic acids is 1. The van der Waals surface area contributed by atoms with Crippen molar-refractivity contribution in [2.24, 2.45) is 0 Å². The van der Waals surface area contributed by atoms with Gasteiger partial charge < -0.3 is 14.5 Å². The highest BCUT2D eigenvalue weighted by Crippen LogP contribution is 2.26. The van der Waals surface area contributed by atoms with Crippen molar-refractivity contribution in [3.63, 3.8) is 0 Å². The van der Waals surface area contributed by atoms with E-state index in [9.17, 15) is 9.59 Å². The molecule has 0 bridgehead atoms. The number of carbonyl (C=O) groups is 2. The molecule has 0 saturated carbocycles. The van der Waals surface area contributed by atoms with Crippen LogP contribution in [-0.2, 0) is 10.2 Å². The van der Waals surface area contributed by atoms with Crippen molar-refractivity contribution in [3.05, 3.63) is 35.7 Å². The number of rotatable bonds is 4. The molecule has 0 spiro atoms. The highest BCUT2D eigenvalue weighted by Gasteiger charge is 2.24. The van der Waals surface area contributed by atoms with E-state index in [-0.39, 0.29) is 17.9 Å². The molecule has 7 nitrogen and oxygen atoms in total. The summed E-state index contributed by atoms with van der Waals surface area (Å²) in [6, 6.07) is 6.76. The SMILES string of the molecule is CN(CC(=O)O)C(=O)c1ccccc1-c1nc(C(C)(C)C)no1. The molecule has 0 aliphatic heterocycles. The average Bonchev–Trinajstić information content (AvgIpc) is 2.95. The molecule has 0 atom stereocenters. The molecule has 2 rings (SSSR count). The summed E-state index contributed by atoms with van der Waals surface area (Å²) < 4.78 is 5.28. The molecule has 0 unspecified atom stereocenters. The van der Waals surface area contributed by atoms with Gasteiger partial charge in [-0.1, -0.05) is 38.1 Å². The van der Waals surface area contributed by atoms with Crippen molar-refractivity contribution in [1.29, 1.82) is 0 Å². The van der Waals surface area contributed by atoms with Crippen LogP contribution >= 0.6 is 0 Å². The van der Waals surface area contributed by atoms with Crippen LogP contribution in [0.3, 0.4) is 0 Å². The molecule has 1 amide bonds. The maximum Gasteiger partial charge on any atom is 0.323 e. The first-order valence-corrected chi connectivity index (χ1v) is 7.11. The van der Waals surface area contributed by atoms with Crippen molar-refractivity contribution in [2.45, 2.75) is 26.2 Å². The van der Waals surface area contributed by atoms with Gasteiger partial charge in [0.2, 0.25) is 0 Å². The van der Waals surface area contributed by atoms with Crippen molar-refractivity contribution in [3.8, 4) is 11.5 Å². The second-order valence-electron chi connectivity index (χ2n) is 6.27. The zero-order valence-electron chi connectivity index (χ0n) is 13.5. The molecule has 23 heavy (non-hydrogen) atoms. The summed E-state index contributed by atoms with van der Waals surface area (Å²) >= 11 is 0. The molecule has 0 fully saturated rings. The second kappa shape index (κ2) is 6.20. The lowest BCUT2D eigenvalue weighted by atomic mass is 9.96. The summed E-state index contributed by atoms with van der Waals surface area (Å²) in [4.78, 5) is 28.7. The Hall–Kier alpha value is -2.70. The molecular formula is C16H19N3O4. The Kier molecular flexibility index (Phi) is 4.49. The van der Waals surface area contributed by atoms with Crippen molar-refractivity contribution < 1.29 is 19.2 Å². The first-order valence-electron chi connectivity index (χ1n) is 7.11. The van der Waals surface area contributed by atoms with Crippen molar-refractivity contribution in [1.82, 2.24) is 15.0 Å². The number of hydrogen-bond acceptors (Lipinski definition) is 5. The molecule has 1 heterocycles. The second-order valence-corrected chi connectivity index (χ2v) is 6.27. The molecule has 0 aliphatic rings. The van der Waals surface area contributed by atoms with Crippen LogP contribution in [0.15, 0.2) is 28.8 Å². The van der Waals surface area contributed by atoms with Gasteiger partial charge in [-0.25, -0.2) is 0 Å². The summed E-state index contributed by atoms with van der Waals surface area (Å²) in [5, 5.41) is 12.8. The fourth-order valence-electron chi connectivity index (χ4n) is 1.97. The number of aliphatic carboxylic acids is 1. The van der Waals surface area contributed by atoms with Crippen LogP contribution in [0.1, 0.15) is 37.0 Å². The van der Waals surface area contributed by atoms with E-state index in [0.29, 0.717) is 17.0 Å². The molecular weight excluding hydrogens is 298 g/mol. The van der Waals surface area contributed by atoms with Crippen LogP contribution in [0, 0.1) is 0 Å². The minimum atomic E-state index is -1.08. The maximum absolute atomic E-state index is 12.5. The van der Waals surface area contributed by atoms with Gasteiger partial charge in [-0.05, 0) is 12.1 Å². The van der Waals surface area contributed by atoms with Crippen LogP contribution in [0.5, 0.6) is 0 Å². The Morgan fingerprint density at radius 3 is 2.48 bits per heavy atom. The third-order valence-corrected chi connectivity index (χ3v) is 3.20. The molecule has 0 aliphatic carbocycles. The minimum Gasteiger partial charge on any atom is -0.480 e. The summed E-state index contributed by atoms with van der Waals surface area (Å²) in [5.74, 6) is -0.721. The van der Waals surface area contributed by atoms with E-state index in [1.807, 2.05) is 20.8 Å². The Bertz CT molecular complexity index is 731. The molecule has 0 radical (unpaired) electrons. The summed E-state index contributed by atoms with van der Waals surface area (Å²) in [6.45, 7) is 5.49. The first-order chi connectivity index (χ1) is 10.7. The zero-order valence-corrected chi connectivity index (χ0v) is 13.5. The largest absolute Gasteiger partial charge is 0.480 e. The number of hydrogen-bond donors (Lipinski definition) is 1. The topological polar surface area (TPSA) is 96.5 Å². The van der Waals surface area contributed by atoms with Crippen LogP contribution in [0.4, 0.5) is 0 Å². The van der Waals surface area contributed by atoms with Gasteiger partial charge in [0.15, 0.2) is 5.82 Å². The Balaban J connectivity index is 2.40. The van der Waals surface area contributed by atoms with Crippen molar-refractivity contribution in [2.75, 3.05) is 13.6 Å². The van der Waals surface area contributed by atoms with E-state index < -0.39 is 11.9 Å². The van der Waals surface area contributed by atoms with Gasteiger partial charge in [-0.3, -0.25) is 9.59 Å². The van der Waals surface area contributed by atoms with Gasteiger partial charge in [-0.2, -0.15) is 4.98 Å². The number of aromatic nitrogens is 2. The predicted molar refractivity (Wildman–Crippen MR) is 83.0 cm³/mol. The summed E-state index contributed by atoms with van der Waals surface area (Å²) in [7, 11) is 1.43. The molecule has 7 heteroatoms. The fourth-order valence-corrected chi connectivity index (χ4v) is 1.97.